The second-order valence-electron chi connectivity index (χ2n) is 27.5. The lowest BCUT2D eigenvalue weighted by Crippen LogP contribution is -2.82. The fourth-order valence-corrected chi connectivity index (χ4v) is 15.9. The highest BCUT2D eigenvalue weighted by Crippen LogP contribution is 2.65. The lowest BCUT2D eigenvalue weighted by Gasteiger charge is -2.67. The molecule has 542 valence electrons. The zero-order valence-corrected chi connectivity index (χ0v) is 56.9. The van der Waals surface area contributed by atoms with Crippen molar-refractivity contribution in [3.8, 4) is 17.2 Å². The van der Waals surface area contributed by atoms with Crippen LogP contribution >= 0.6 is 0 Å². The lowest BCUT2D eigenvalue weighted by atomic mass is 9.44. The molecule has 2 heterocycles. The molecule has 1 amide bonds. The Morgan fingerprint density at radius 1 is 0.765 bits per heavy atom. The fraction of sp³-hybridized carbons (Fsp3) is 0.446. The van der Waals surface area contributed by atoms with Crippen LogP contribution in [0.2, 0.25) is 0 Å². The minimum absolute atomic E-state index is 0.0173. The smallest absolute Gasteiger partial charge is 0.507 e. The van der Waals surface area contributed by atoms with Crippen LogP contribution in [0.3, 0.4) is 0 Å². The number of ketones is 4. The van der Waals surface area contributed by atoms with E-state index in [1.54, 1.807) is 99.6 Å². The van der Waals surface area contributed by atoms with Crippen molar-refractivity contribution >= 4 is 53.1 Å². The summed E-state index contributed by atoms with van der Waals surface area (Å²) >= 11 is 0. The molecule has 0 spiro atoms. The highest BCUT2D eigenvalue weighted by molar-refractivity contribution is 6.31. The number of aliphatic hydroxyl groups excluding tert-OH is 4. The molecule has 11 N–H and O–H groups in total. The van der Waals surface area contributed by atoms with Crippen molar-refractivity contribution in [2.45, 2.75) is 164 Å². The van der Waals surface area contributed by atoms with Crippen LogP contribution in [0.4, 0.5) is 4.79 Å². The SMILES string of the molecule is COC(=O)O[C@@]12CO[C@@H]1C[C@H](O)[C@@]1(C)C(=O)[C@H](OC(C)=O)C3=C(C)[C@@H](OC(=O)[C@H](O)[C@@H](NC(=O)c4ccccc4)c4ccccc4)C[C@@](O)([C@@H](OC(=O)c4ccccc4)[C@H]21)C3(C)C.COc1cccc2c1C(=O)c1c(O)c3c(c(O)c1C2=O)C[C@@](O)(C(=O)CO)C[C@@H]3O[C@H]1C[C@H](N)[C@H](O)[C@H](C)O1. The van der Waals surface area contributed by atoms with Crippen molar-refractivity contribution in [3.05, 3.63) is 170 Å². The van der Waals surface area contributed by atoms with E-state index in [0.717, 1.165) is 14.0 Å². The lowest BCUT2D eigenvalue weighted by molar-refractivity contribution is -0.344. The third-order valence-electron chi connectivity index (χ3n) is 21.4. The molecule has 12 rings (SSSR count). The Hall–Kier alpha value is -9.33. The van der Waals surface area contributed by atoms with E-state index in [-0.39, 0.29) is 69.7 Å². The molecule has 4 fully saturated rings. The van der Waals surface area contributed by atoms with Crippen molar-refractivity contribution in [1.82, 2.24) is 5.32 Å². The number of phenolic OH excluding ortho intramolecular Hbond substituents is 2. The number of benzene rings is 5. The summed E-state index contributed by atoms with van der Waals surface area (Å²) < 4.78 is 52.1. The Morgan fingerprint density at radius 3 is 1.98 bits per heavy atom. The van der Waals surface area contributed by atoms with E-state index < -0.39 is 208 Å². The van der Waals surface area contributed by atoms with E-state index >= 15 is 4.79 Å². The first kappa shape index (κ1) is 73.9. The van der Waals surface area contributed by atoms with E-state index in [0.29, 0.717) is 5.56 Å². The van der Waals surface area contributed by atoms with Crippen molar-refractivity contribution in [2.24, 2.45) is 22.5 Å². The Labute approximate surface area is 584 Å². The number of fused-ring (bicyclic) bond motifs is 8. The summed E-state index contributed by atoms with van der Waals surface area (Å²) in [5.74, 6) is -10.0. The highest BCUT2D eigenvalue weighted by Gasteiger charge is 2.79. The summed E-state index contributed by atoms with van der Waals surface area (Å²) in [6.45, 7) is 7.22. The number of aromatic hydroxyl groups is 2. The van der Waals surface area contributed by atoms with Gasteiger partial charge in [0.25, 0.3) is 5.91 Å². The van der Waals surface area contributed by atoms with Crippen molar-refractivity contribution in [3.63, 3.8) is 0 Å². The predicted octanol–water partition coefficient (Wildman–Crippen LogP) is 3.96. The molecule has 5 aliphatic carbocycles. The van der Waals surface area contributed by atoms with Crippen LogP contribution in [-0.4, -0.2) is 199 Å². The molecule has 17 atom stereocenters. The van der Waals surface area contributed by atoms with Crippen LogP contribution in [-0.2, 0) is 63.5 Å². The van der Waals surface area contributed by atoms with E-state index in [1.807, 2.05) is 0 Å². The molecule has 5 aromatic rings. The maximum Gasteiger partial charge on any atom is 0.508 e. The van der Waals surface area contributed by atoms with Crippen LogP contribution < -0.4 is 15.8 Å². The number of nitrogens with two attached hydrogens (primary N) is 1. The molecule has 28 nitrogen and oxygen atoms in total. The van der Waals surface area contributed by atoms with Gasteiger partial charge in [-0.05, 0) is 67.8 Å². The first-order valence-corrected chi connectivity index (χ1v) is 33.0. The van der Waals surface area contributed by atoms with Gasteiger partial charge < -0.3 is 94.5 Å². The Balaban J connectivity index is 0.000000229. The molecule has 7 aliphatic rings. The third-order valence-corrected chi connectivity index (χ3v) is 21.4. The second kappa shape index (κ2) is 28.1. The van der Waals surface area contributed by atoms with Crippen LogP contribution in [0.1, 0.15) is 149 Å². The van der Waals surface area contributed by atoms with Crippen molar-refractivity contribution in [1.29, 1.82) is 0 Å². The molecular weight excluding hydrogens is 1330 g/mol. The molecule has 2 bridgehead atoms. The number of nitrogens with one attached hydrogen (secondary N) is 1. The number of ether oxygens (including phenoxy) is 9. The number of carbonyl (C=O) groups excluding carboxylic acids is 9. The fourth-order valence-electron chi connectivity index (χ4n) is 15.9. The van der Waals surface area contributed by atoms with Gasteiger partial charge in [0.05, 0.1) is 84.9 Å². The maximum absolute atomic E-state index is 15.5. The van der Waals surface area contributed by atoms with E-state index in [1.165, 1.54) is 51.3 Å². The predicted molar refractivity (Wildman–Crippen MR) is 351 cm³/mol. The number of Topliss-reactive ketones (excluding diaryl/α,β-unsaturated/α-hetero) is 2. The molecule has 5 aromatic carbocycles. The van der Waals surface area contributed by atoms with Gasteiger partial charge in [-0.3, -0.25) is 28.8 Å². The summed E-state index contributed by atoms with van der Waals surface area (Å²) in [6.07, 6.45) is -17.2. The third kappa shape index (κ3) is 12.5. The molecule has 0 aromatic heterocycles. The second-order valence-corrected chi connectivity index (χ2v) is 27.5. The largest absolute Gasteiger partial charge is 0.508 e. The van der Waals surface area contributed by atoms with Gasteiger partial charge in [0.15, 0.2) is 41.4 Å². The minimum Gasteiger partial charge on any atom is -0.507 e. The standard InChI is InChI=1S/C47H51NO15.C27H29NO11/c1-25-30(61-42(55)35(51)34(27-16-10-7-11-17-27)48-40(53)28-18-12-8-13-19-28)23-47(57)39(62-41(54)29-20-14-9-15-21-29)37-45(5,38(52)36(60-26(2)49)33(25)44(47,3)4)31(50)22-32-46(37,24-59-32)63-43(56)58-6;1-10-22(31)13(28)6-17(38-10)39-15-8-27(36,16(30)9-29)7-12-19(15)26(35)21-20(24(12)33)23(32)11-4-3-5-14(37-2)18(11)25(21)34/h7-21,30-32,34-37,39,50-51,57H,22-24H2,1-6H3,(H,48,53);3-5,10,13,15,17,22,29,31,33,35-36H,6-9,28H2,1-2H3/t30-,31-,32+,34-,35+,36+,37-,39-,45+,46-,47+;10-,13-,15-,17-,22+,27-/m00/s1. The first-order chi connectivity index (χ1) is 48.2. The number of aliphatic hydroxyl groups is 6. The molecule has 2 saturated heterocycles. The summed E-state index contributed by atoms with van der Waals surface area (Å²) in [4.78, 5) is 123. The number of esters is 3. The number of amides is 1. The van der Waals surface area contributed by atoms with E-state index in [9.17, 15) is 79.2 Å². The molecule has 2 aliphatic heterocycles. The van der Waals surface area contributed by atoms with Gasteiger partial charge in [0, 0.05) is 72.7 Å². The van der Waals surface area contributed by atoms with Gasteiger partial charge in [-0.1, -0.05) is 92.7 Å². The summed E-state index contributed by atoms with van der Waals surface area (Å²) in [5.41, 5.74) is -4.98. The van der Waals surface area contributed by atoms with Crippen LogP contribution in [0.25, 0.3) is 0 Å². The van der Waals surface area contributed by atoms with Crippen LogP contribution in [0.15, 0.2) is 120 Å². The number of hydrogen-bond donors (Lipinski definition) is 10. The Bertz CT molecular complexity index is 4190. The number of methoxy groups -OCH3 is 2. The number of phenols is 2. The zero-order valence-electron chi connectivity index (χ0n) is 56.9. The Kier molecular flexibility index (Phi) is 20.4. The molecule has 102 heavy (non-hydrogen) atoms. The van der Waals surface area contributed by atoms with Gasteiger partial charge >= 0.3 is 24.1 Å². The molecule has 28 heteroatoms. The summed E-state index contributed by atoms with van der Waals surface area (Å²) in [7, 11) is 2.39. The number of rotatable bonds is 15. The van der Waals surface area contributed by atoms with Gasteiger partial charge in [0.2, 0.25) is 5.78 Å². The van der Waals surface area contributed by atoms with Gasteiger partial charge in [-0.25, -0.2) is 14.4 Å². The van der Waals surface area contributed by atoms with Gasteiger partial charge in [-0.15, -0.1) is 0 Å². The number of hydrogen-bond acceptors (Lipinski definition) is 27. The van der Waals surface area contributed by atoms with E-state index in [2.05, 4.69) is 5.32 Å². The average Bonchev–Trinajstić information content (AvgIpc) is 0.670. The van der Waals surface area contributed by atoms with Crippen molar-refractivity contribution in [2.75, 3.05) is 27.4 Å². The number of carbonyl (C=O) groups is 9. The maximum atomic E-state index is 15.5. The Morgan fingerprint density at radius 2 is 1.39 bits per heavy atom. The van der Waals surface area contributed by atoms with Gasteiger partial charge in [0.1, 0.15) is 53.4 Å². The van der Waals surface area contributed by atoms with Crippen molar-refractivity contribution < 1.29 is 127 Å². The molecule has 2 saturated carbocycles. The minimum atomic E-state index is -2.43. The summed E-state index contributed by atoms with van der Waals surface area (Å²) in [5, 5.41) is 94.0. The van der Waals surface area contributed by atoms with Gasteiger partial charge in [-0.2, -0.15) is 0 Å². The topological polar surface area (TPSA) is 437 Å². The zero-order chi connectivity index (χ0) is 74.0. The highest BCUT2D eigenvalue weighted by atomic mass is 16.8. The molecule has 0 radical (unpaired) electrons. The normalized spacial score (nSPS) is 30.9. The van der Waals surface area contributed by atoms with Crippen LogP contribution in [0.5, 0.6) is 17.2 Å². The summed E-state index contributed by atoms with van der Waals surface area (Å²) in [6, 6.07) is 26.4. The molecular formula is C74H80N2O26. The van der Waals surface area contributed by atoms with E-state index in [4.69, 9.17) is 48.4 Å². The monoisotopic (exact) mass is 1410 g/mol. The first-order valence-electron chi connectivity index (χ1n) is 33.0. The molecule has 0 unspecified atom stereocenters. The average molecular weight is 1410 g/mol. The van der Waals surface area contributed by atoms with Crippen LogP contribution in [0, 0.1) is 16.7 Å². The quantitative estimate of drug-likeness (QED) is 0.0301.